The van der Waals surface area contributed by atoms with Gasteiger partial charge >= 0.3 is 0 Å². The van der Waals surface area contributed by atoms with Crippen LogP contribution in [0.4, 0.5) is 17.2 Å². The summed E-state index contributed by atoms with van der Waals surface area (Å²) in [6.45, 7) is 4.81. The van der Waals surface area contributed by atoms with Gasteiger partial charge in [0.1, 0.15) is 0 Å². The Kier molecular flexibility index (Phi) is 4.45. The maximum absolute atomic E-state index is 5.55. The second kappa shape index (κ2) is 7.67. The quantitative estimate of drug-likeness (QED) is 0.489. The van der Waals surface area contributed by atoms with Crippen molar-refractivity contribution in [3.05, 3.63) is 72.2 Å². The fourth-order valence-corrected chi connectivity index (χ4v) is 5.38. The molecule has 4 aromatic rings. The SMILES string of the molecule is C1=NCc2cc(-c3cn4ccnc4c(Nc4ccc(N5CC6(CCOCC6)C5)cc4)n3)ccc21. The number of nitrogens with zero attached hydrogens (tertiary/aromatic N) is 5. The van der Waals surface area contributed by atoms with Crippen molar-refractivity contribution < 1.29 is 4.74 Å². The van der Waals surface area contributed by atoms with Crippen molar-refractivity contribution >= 4 is 29.1 Å². The van der Waals surface area contributed by atoms with Crippen LogP contribution < -0.4 is 10.2 Å². The number of imidazole rings is 1. The zero-order valence-electron chi connectivity index (χ0n) is 18.9. The Balaban J connectivity index is 1.13. The van der Waals surface area contributed by atoms with Gasteiger partial charge in [0.25, 0.3) is 0 Å². The fourth-order valence-electron chi connectivity index (χ4n) is 5.38. The zero-order valence-corrected chi connectivity index (χ0v) is 18.9. The lowest BCUT2D eigenvalue weighted by molar-refractivity contribution is -0.000189. The number of ether oxygens (including phenoxy) is 1. The van der Waals surface area contributed by atoms with Gasteiger partial charge in [-0.2, -0.15) is 0 Å². The average Bonchev–Trinajstić information content (AvgIpc) is 3.52. The molecule has 0 radical (unpaired) electrons. The predicted octanol–water partition coefficient (Wildman–Crippen LogP) is 4.69. The van der Waals surface area contributed by atoms with E-state index in [4.69, 9.17) is 9.72 Å². The Hall–Kier alpha value is -3.71. The third-order valence-electron chi connectivity index (χ3n) is 7.41. The minimum atomic E-state index is 0.468. The number of aromatic nitrogens is 3. The second-order valence-electron chi connectivity index (χ2n) is 9.66. The van der Waals surface area contributed by atoms with Gasteiger partial charge in [0.2, 0.25) is 0 Å². The van der Waals surface area contributed by atoms with E-state index in [-0.39, 0.29) is 0 Å². The summed E-state index contributed by atoms with van der Waals surface area (Å²) in [4.78, 5) is 16.3. The summed E-state index contributed by atoms with van der Waals surface area (Å²) in [5.74, 6) is 0.747. The first-order valence-corrected chi connectivity index (χ1v) is 11.9. The summed E-state index contributed by atoms with van der Waals surface area (Å²) in [7, 11) is 0. The molecule has 1 N–H and O–H groups in total. The topological polar surface area (TPSA) is 67.0 Å². The van der Waals surface area contributed by atoms with E-state index in [0.717, 1.165) is 61.3 Å². The number of rotatable bonds is 4. The van der Waals surface area contributed by atoms with Crippen LogP contribution in [0.3, 0.4) is 0 Å². The van der Waals surface area contributed by atoms with Gasteiger partial charge in [-0.1, -0.05) is 12.1 Å². The van der Waals surface area contributed by atoms with Crippen molar-refractivity contribution in [2.45, 2.75) is 19.4 Å². The van der Waals surface area contributed by atoms with Gasteiger partial charge in [-0.15, -0.1) is 0 Å². The maximum Gasteiger partial charge on any atom is 0.180 e. The first-order valence-electron chi connectivity index (χ1n) is 11.9. The molecule has 170 valence electrons. The van der Waals surface area contributed by atoms with E-state index in [0.29, 0.717) is 5.41 Å². The minimum Gasteiger partial charge on any atom is -0.381 e. The molecule has 7 heteroatoms. The average molecular weight is 451 g/mol. The summed E-state index contributed by atoms with van der Waals surface area (Å²) in [6.07, 6.45) is 10.1. The Morgan fingerprint density at radius 3 is 2.71 bits per heavy atom. The molecule has 3 aliphatic heterocycles. The first kappa shape index (κ1) is 19.7. The number of anilines is 3. The number of aliphatic imine (C=N–C) groups is 1. The summed E-state index contributed by atoms with van der Waals surface area (Å²) >= 11 is 0. The molecule has 0 atom stereocenters. The van der Waals surface area contributed by atoms with Crippen LogP contribution in [-0.4, -0.2) is 46.9 Å². The van der Waals surface area contributed by atoms with Gasteiger partial charge in [-0.3, -0.25) is 4.99 Å². The summed E-state index contributed by atoms with van der Waals surface area (Å²) in [5.41, 5.74) is 7.97. The van der Waals surface area contributed by atoms with E-state index in [1.54, 1.807) is 0 Å². The molecule has 2 fully saturated rings. The van der Waals surface area contributed by atoms with Gasteiger partial charge in [0.05, 0.1) is 12.2 Å². The fraction of sp³-hybridized carbons (Fsp3) is 0.296. The highest BCUT2D eigenvalue weighted by molar-refractivity contribution is 5.86. The van der Waals surface area contributed by atoms with Crippen LogP contribution in [0, 0.1) is 5.41 Å². The van der Waals surface area contributed by atoms with Gasteiger partial charge in [0, 0.05) is 73.5 Å². The highest BCUT2D eigenvalue weighted by Crippen LogP contribution is 2.42. The van der Waals surface area contributed by atoms with E-state index in [2.05, 4.69) is 62.7 Å². The molecule has 3 aliphatic rings. The third-order valence-corrected chi connectivity index (χ3v) is 7.41. The van der Waals surface area contributed by atoms with E-state index < -0.39 is 0 Å². The second-order valence-corrected chi connectivity index (χ2v) is 9.66. The Morgan fingerprint density at radius 1 is 1.00 bits per heavy atom. The van der Waals surface area contributed by atoms with Crippen LogP contribution in [-0.2, 0) is 11.3 Å². The number of nitrogens with one attached hydrogen (secondary N) is 1. The standard InChI is InChI=1S/C27H26N6O/c1-2-20-14-28-15-21(20)13-19(1)24-16-32-10-9-29-26(32)25(31-24)30-22-3-5-23(6-4-22)33-17-27(18-33)7-11-34-12-8-27/h1-6,9-10,13-14,16H,7-8,11-12,15,17-18H2,(H,30,31). The van der Waals surface area contributed by atoms with Crippen molar-refractivity contribution in [3.63, 3.8) is 0 Å². The third kappa shape index (κ3) is 3.35. The summed E-state index contributed by atoms with van der Waals surface area (Å²) in [6, 6.07) is 15.1. The molecule has 2 aromatic heterocycles. The van der Waals surface area contributed by atoms with Crippen LogP contribution in [0.1, 0.15) is 24.0 Å². The van der Waals surface area contributed by atoms with Crippen molar-refractivity contribution in [2.75, 3.05) is 36.5 Å². The van der Waals surface area contributed by atoms with Crippen molar-refractivity contribution in [2.24, 2.45) is 10.4 Å². The molecule has 0 saturated carbocycles. The largest absolute Gasteiger partial charge is 0.381 e. The van der Waals surface area contributed by atoms with Crippen LogP contribution in [0.15, 0.2) is 66.0 Å². The molecule has 1 spiro atoms. The summed E-state index contributed by atoms with van der Waals surface area (Å²) in [5, 5.41) is 3.50. The molecular weight excluding hydrogens is 424 g/mol. The maximum atomic E-state index is 5.55. The van der Waals surface area contributed by atoms with Crippen molar-refractivity contribution in [1.29, 1.82) is 0 Å². The van der Waals surface area contributed by atoms with Crippen molar-refractivity contribution in [1.82, 2.24) is 14.4 Å². The van der Waals surface area contributed by atoms with E-state index in [9.17, 15) is 0 Å². The zero-order chi connectivity index (χ0) is 22.5. The van der Waals surface area contributed by atoms with Crippen molar-refractivity contribution in [3.8, 4) is 11.3 Å². The number of hydrogen-bond acceptors (Lipinski definition) is 6. The van der Waals surface area contributed by atoms with Crippen LogP contribution >= 0.6 is 0 Å². The Bertz CT molecular complexity index is 1390. The smallest absolute Gasteiger partial charge is 0.180 e. The highest BCUT2D eigenvalue weighted by atomic mass is 16.5. The molecule has 2 saturated heterocycles. The molecule has 0 amide bonds. The predicted molar refractivity (Wildman–Crippen MR) is 134 cm³/mol. The molecule has 7 nitrogen and oxygen atoms in total. The van der Waals surface area contributed by atoms with Crippen LogP contribution in [0.5, 0.6) is 0 Å². The summed E-state index contributed by atoms with van der Waals surface area (Å²) < 4.78 is 7.57. The van der Waals surface area contributed by atoms with Crippen LogP contribution in [0.2, 0.25) is 0 Å². The lowest BCUT2D eigenvalue weighted by Gasteiger charge is -2.53. The van der Waals surface area contributed by atoms with E-state index in [1.807, 2.05) is 29.2 Å². The minimum absolute atomic E-state index is 0.468. The van der Waals surface area contributed by atoms with Gasteiger partial charge in [-0.25, -0.2) is 9.97 Å². The van der Waals surface area contributed by atoms with Gasteiger partial charge in [0.15, 0.2) is 11.5 Å². The highest BCUT2D eigenvalue weighted by Gasteiger charge is 2.43. The van der Waals surface area contributed by atoms with E-state index in [1.165, 1.54) is 29.7 Å². The van der Waals surface area contributed by atoms with Crippen LogP contribution in [0.25, 0.3) is 16.9 Å². The molecule has 2 aromatic carbocycles. The molecule has 0 bridgehead atoms. The Labute approximate surface area is 198 Å². The van der Waals surface area contributed by atoms with Gasteiger partial charge in [-0.05, 0) is 54.3 Å². The van der Waals surface area contributed by atoms with E-state index >= 15 is 0 Å². The number of fused-ring (bicyclic) bond motifs is 2. The first-order chi connectivity index (χ1) is 16.7. The lowest BCUT2D eigenvalue weighted by atomic mass is 9.73. The monoisotopic (exact) mass is 450 g/mol. The normalized spacial score (nSPS) is 18.3. The molecule has 7 rings (SSSR count). The molecule has 0 aliphatic carbocycles. The lowest BCUT2D eigenvalue weighted by Crippen LogP contribution is -2.58. The Morgan fingerprint density at radius 2 is 1.85 bits per heavy atom. The molecule has 5 heterocycles. The molecule has 0 unspecified atom stereocenters. The number of benzene rings is 2. The molecular formula is C27H26N6O. The number of hydrogen-bond donors (Lipinski definition) is 1. The molecule has 34 heavy (non-hydrogen) atoms. The van der Waals surface area contributed by atoms with Gasteiger partial charge < -0.3 is 19.4 Å².